The van der Waals surface area contributed by atoms with Gasteiger partial charge in [-0.2, -0.15) is 0 Å². The van der Waals surface area contributed by atoms with E-state index in [4.69, 9.17) is 10.5 Å². The summed E-state index contributed by atoms with van der Waals surface area (Å²) < 4.78 is 29.7. The molecule has 0 radical (unpaired) electrons. The highest BCUT2D eigenvalue weighted by Crippen LogP contribution is 2.33. The number of benzene rings is 1. The number of ether oxygens (including phenoxy) is 1. The van der Waals surface area contributed by atoms with Crippen molar-refractivity contribution in [2.75, 3.05) is 6.61 Å². The second kappa shape index (κ2) is 2.96. The Balaban J connectivity index is 2.42. The summed E-state index contributed by atoms with van der Waals surface area (Å²) in [6.45, 7) is 0.377. The zero-order valence-corrected chi connectivity index (χ0v) is 6.84. The first-order valence-electron chi connectivity index (χ1n) is 3.99. The smallest absolute Gasteiger partial charge is 0.263 e. The van der Waals surface area contributed by atoms with E-state index in [1.165, 1.54) is 12.1 Å². The van der Waals surface area contributed by atoms with E-state index in [2.05, 4.69) is 0 Å². The number of hydrogen-bond donors (Lipinski definition) is 1. The molecule has 2 nitrogen and oxygen atoms in total. The van der Waals surface area contributed by atoms with Crippen LogP contribution in [-0.4, -0.2) is 6.61 Å². The van der Waals surface area contributed by atoms with E-state index < -0.39 is 6.43 Å². The molecule has 1 heterocycles. The molecule has 0 spiro atoms. The molecule has 0 fully saturated rings. The predicted octanol–water partition coefficient (Wildman–Crippen LogP) is 2.02. The Labute approximate surface area is 74.3 Å². The zero-order valence-electron chi connectivity index (χ0n) is 6.84. The van der Waals surface area contributed by atoms with Crippen LogP contribution in [0.2, 0.25) is 0 Å². The molecule has 1 aromatic rings. The van der Waals surface area contributed by atoms with Gasteiger partial charge in [0.05, 0.1) is 6.04 Å². The molecule has 0 unspecified atom stereocenters. The molecule has 2 N–H and O–H groups in total. The highest BCUT2D eigenvalue weighted by Gasteiger charge is 2.22. The third-order valence-corrected chi connectivity index (χ3v) is 2.10. The number of alkyl halides is 2. The lowest BCUT2D eigenvalue weighted by atomic mass is 10.1. The van der Waals surface area contributed by atoms with Crippen LogP contribution in [0.25, 0.3) is 0 Å². The van der Waals surface area contributed by atoms with E-state index in [9.17, 15) is 8.78 Å². The van der Waals surface area contributed by atoms with Crippen molar-refractivity contribution in [1.29, 1.82) is 0 Å². The maximum atomic E-state index is 12.3. The molecule has 1 atom stereocenters. The zero-order chi connectivity index (χ0) is 9.42. The van der Waals surface area contributed by atoms with Crippen molar-refractivity contribution in [1.82, 2.24) is 0 Å². The molecule has 0 bridgehead atoms. The van der Waals surface area contributed by atoms with Crippen LogP contribution in [-0.2, 0) is 0 Å². The van der Waals surface area contributed by atoms with Gasteiger partial charge in [-0.25, -0.2) is 8.78 Å². The summed E-state index contributed by atoms with van der Waals surface area (Å²) >= 11 is 0. The molecule has 1 aliphatic heterocycles. The molecule has 2 rings (SSSR count). The SMILES string of the molecule is N[C@@H]1COc2ccc(C(F)F)cc21. The third-order valence-electron chi connectivity index (χ3n) is 2.10. The molecule has 0 aliphatic carbocycles. The summed E-state index contributed by atoms with van der Waals surface area (Å²) in [4.78, 5) is 0. The van der Waals surface area contributed by atoms with Gasteiger partial charge in [0.25, 0.3) is 6.43 Å². The maximum absolute atomic E-state index is 12.3. The highest BCUT2D eigenvalue weighted by atomic mass is 19.3. The third kappa shape index (κ3) is 1.37. The number of fused-ring (bicyclic) bond motifs is 1. The minimum atomic E-state index is -2.45. The average molecular weight is 185 g/mol. The maximum Gasteiger partial charge on any atom is 0.263 e. The molecule has 1 aliphatic rings. The molecule has 0 amide bonds. The van der Waals surface area contributed by atoms with Gasteiger partial charge in [0.15, 0.2) is 0 Å². The molecule has 13 heavy (non-hydrogen) atoms. The fraction of sp³-hybridized carbons (Fsp3) is 0.333. The van der Waals surface area contributed by atoms with Gasteiger partial charge in [-0.1, -0.05) is 0 Å². The largest absolute Gasteiger partial charge is 0.491 e. The fourth-order valence-corrected chi connectivity index (χ4v) is 1.39. The molecule has 0 saturated heterocycles. The van der Waals surface area contributed by atoms with E-state index >= 15 is 0 Å². The molecule has 4 heteroatoms. The highest BCUT2D eigenvalue weighted by molar-refractivity contribution is 5.42. The van der Waals surface area contributed by atoms with Crippen LogP contribution in [0.3, 0.4) is 0 Å². The molecule has 1 aromatic carbocycles. The molecule has 70 valence electrons. The standard InChI is InChI=1S/C9H9F2NO/c10-9(11)5-1-2-8-6(3-5)7(12)4-13-8/h1-3,7,9H,4,12H2/t7-/m1/s1. The number of nitrogens with two attached hydrogens (primary N) is 1. The minimum absolute atomic E-state index is 0.000278. The molecule has 0 aromatic heterocycles. The van der Waals surface area contributed by atoms with Crippen molar-refractivity contribution in [3.8, 4) is 5.75 Å². The van der Waals surface area contributed by atoms with Crippen molar-refractivity contribution < 1.29 is 13.5 Å². The predicted molar refractivity (Wildman–Crippen MR) is 43.8 cm³/mol. The van der Waals surface area contributed by atoms with E-state index in [0.29, 0.717) is 17.9 Å². The Morgan fingerprint density at radius 2 is 2.23 bits per heavy atom. The fourth-order valence-electron chi connectivity index (χ4n) is 1.39. The van der Waals surface area contributed by atoms with Gasteiger partial charge < -0.3 is 10.5 Å². The van der Waals surface area contributed by atoms with Gasteiger partial charge in [-0.3, -0.25) is 0 Å². The second-order valence-corrected chi connectivity index (χ2v) is 3.02. The van der Waals surface area contributed by atoms with Gasteiger partial charge in [-0.05, 0) is 18.2 Å². The van der Waals surface area contributed by atoms with Crippen LogP contribution in [0.4, 0.5) is 8.78 Å². The first-order chi connectivity index (χ1) is 6.18. The Morgan fingerprint density at radius 3 is 2.92 bits per heavy atom. The van der Waals surface area contributed by atoms with Gasteiger partial charge in [0, 0.05) is 11.1 Å². The van der Waals surface area contributed by atoms with Gasteiger partial charge in [0.1, 0.15) is 12.4 Å². The number of halogens is 2. The van der Waals surface area contributed by atoms with Gasteiger partial charge in [-0.15, -0.1) is 0 Å². The minimum Gasteiger partial charge on any atom is -0.491 e. The average Bonchev–Trinajstić information content (AvgIpc) is 2.47. The van der Waals surface area contributed by atoms with Crippen LogP contribution < -0.4 is 10.5 Å². The lowest BCUT2D eigenvalue weighted by Gasteiger charge is -2.03. The van der Waals surface area contributed by atoms with Crippen molar-refractivity contribution >= 4 is 0 Å². The Bertz CT molecular complexity index is 327. The summed E-state index contributed by atoms with van der Waals surface area (Å²) in [6, 6.07) is 4.05. The first kappa shape index (κ1) is 8.44. The van der Waals surface area contributed by atoms with Crippen LogP contribution in [0, 0.1) is 0 Å². The van der Waals surface area contributed by atoms with Crippen LogP contribution in [0.5, 0.6) is 5.75 Å². The Morgan fingerprint density at radius 1 is 1.46 bits per heavy atom. The van der Waals surface area contributed by atoms with E-state index in [1.54, 1.807) is 6.07 Å². The Hall–Kier alpha value is -1.16. The number of rotatable bonds is 1. The second-order valence-electron chi connectivity index (χ2n) is 3.02. The summed E-state index contributed by atoms with van der Waals surface area (Å²) in [7, 11) is 0. The van der Waals surface area contributed by atoms with Gasteiger partial charge >= 0.3 is 0 Å². The monoisotopic (exact) mass is 185 g/mol. The quantitative estimate of drug-likeness (QED) is 0.726. The van der Waals surface area contributed by atoms with Crippen LogP contribution in [0.1, 0.15) is 23.6 Å². The molecular formula is C9H9F2NO. The Kier molecular flexibility index (Phi) is 1.92. The van der Waals surface area contributed by atoms with Crippen molar-refractivity contribution in [2.24, 2.45) is 5.73 Å². The first-order valence-corrected chi connectivity index (χ1v) is 3.99. The lowest BCUT2D eigenvalue weighted by Crippen LogP contribution is -2.10. The van der Waals surface area contributed by atoms with Crippen LogP contribution in [0.15, 0.2) is 18.2 Å². The summed E-state index contributed by atoms with van der Waals surface area (Å²) in [5, 5.41) is 0. The lowest BCUT2D eigenvalue weighted by molar-refractivity contribution is 0.151. The molecule has 0 saturated carbocycles. The van der Waals surface area contributed by atoms with E-state index in [1.807, 2.05) is 0 Å². The van der Waals surface area contributed by atoms with Crippen molar-refractivity contribution in [3.05, 3.63) is 29.3 Å². The number of hydrogen-bond acceptors (Lipinski definition) is 2. The van der Waals surface area contributed by atoms with E-state index in [0.717, 1.165) is 0 Å². The topological polar surface area (TPSA) is 35.2 Å². The summed E-state index contributed by atoms with van der Waals surface area (Å²) in [5.74, 6) is 0.622. The van der Waals surface area contributed by atoms with Crippen LogP contribution >= 0.6 is 0 Å². The van der Waals surface area contributed by atoms with Crippen molar-refractivity contribution in [3.63, 3.8) is 0 Å². The normalized spacial score (nSPS) is 20.2. The summed E-state index contributed by atoms with van der Waals surface area (Å²) in [6.07, 6.45) is -2.45. The van der Waals surface area contributed by atoms with Crippen molar-refractivity contribution in [2.45, 2.75) is 12.5 Å². The van der Waals surface area contributed by atoms with Gasteiger partial charge in [0.2, 0.25) is 0 Å². The molecular weight excluding hydrogens is 176 g/mol. The summed E-state index contributed by atoms with van der Waals surface area (Å²) in [5.41, 5.74) is 6.32. The van der Waals surface area contributed by atoms with E-state index in [-0.39, 0.29) is 11.6 Å².